The number of fused-ring (bicyclic) bond motifs is 1. The van der Waals surface area contributed by atoms with E-state index >= 15 is 0 Å². The molecule has 8 nitrogen and oxygen atoms in total. The maximum atomic E-state index is 13.0. The summed E-state index contributed by atoms with van der Waals surface area (Å²) in [6, 6.07) is 8.86. The lowest BCUT2D eigenvalue weighted by atomic mass is 10.2. The van der Waals surface area contributed by atoms with Gasteiger partial charge in [0.25, 0.3) is 5.91 Å². The molecule has 0 fully saturated rings. The van der Waals surface area contributed by atoms with Gasteiger partial charge < -0.3 is 24.5 Å². The lowest BCUT2D eigenvalue weighted by molar-refractivity contribution is 0.00691. The van der Waals surface area contributed by atoms with Crippen LogP contribution in [0.15, 0.2) is 53.0 Å². The van der Waals surface area contributed by atoms with Gasteiger partial charge in [-0.1, -0.05) is 35.1 Å². The first kappa shape index (κ1) is 24.4. The Morgan fingerprint density at radius 1 is 1.29 bits per heavy atom. The van der Waals surface area contributed by atoms with E-state index in [1.807, 2.05) is 12.1 Å². The van der Waals surface area contributed by atoms with Crippen LogP contribution in [0.1, 0.15) is 20.8 Å². The van der Waals surface area contributed by atoms with E-state index in [1.54, 1.807) is 47.7 Å². The van der Waals surface area contributed by atoms with Gasteiger partial charge in [-0.3, -0.25) is 9.59 Å². The second-order valence-corrected chi connectivity index (χ2v) is 9.92. The van der Waals surface area contributed by atoms with Crippen molar-refractivity contribution in [2.24, 2.45) is 7.05 Å². The summed E-state index contributed by atoms with van der Waals surface area (Å²) in [5.74, 6) is -0.439. The number of benzene rings is 1. The molecule has 4 aromatic rings. The third-order valence-corrected chi connectivity index (χ3v) is 7.02. The van der Waals surface area contributed by atoms with E-state index in [0.29, 0.717) is 15.5 Å². The fourth-order valence-corrected chi connectivity index (χ4v) is 4.86. The van der Waals surface area contributed by atoms with Gasteiger partial charge in [-0.2, -0.15) is 0 Å². The van der Waals surface area contributed by atoms with E-state index in [1.165, 1.54) is 22.7 Å². The summed E-state index contributed by atoms with van der Waals surface area (Å²) in [7, 11) is 1.79. The maximum Gasteiger partial charge on any atom is 0.257 e. The molecule has 0 saturated heterocycles. The lowest BCUT2D eigenvalue weighted by Crippen LogP contribution is -2.29. The Balaban J connectivity index is 1.37. The zero-order valence-corrected chi connectivity index (χ0v) is 20.6. The number of aromatic nitrogens is 2. The van der Waals surface area contributed by atoms with Crippen molar-refractivity contribution in [1.29, 1.82) is 0 Å². The molecule has 3 aromatic heterocycles. The number of ether oxygens (including phenoxy) is 2. The Bertz CT molecular complexity index is 1320. The molecule has 1 atom stereocenters. The summed E-state index contributed by atoms with van der Waals surface area (Å²) in [5, 5.41) is 14.5. The number of aliphatic hydroxyl groups is 1. The number of hydrogen-bond acceptors (Lipinski definition) is 8. The molecule has 0 aliphatic carbocycles. The third kappa shape index (κ3) is 6.02. The first-order chi connectivity index (χ1) is 16.4. The van der Waals surface area contributed by atoms with Crippen molar-refractivity contribution in [2.75, 3.05) is 13.2 Å². The van der Waals surface area contributed by atoms with Gasteiger partial charge in [-0.05, 0) is 23.8 Å². The molecule has 3 heterocycles. The predicted octanol–water partition coefficient (Wildman–Crippen LogP) is 3.60. The third-order valence-electron chi connectivity index (χ3n) is 4.89. The highest BCUT2D eigenvalue weighted by Gasteiger charge is 2.17. The number of carbonyl (C=O) groups is 1. The minimum atomic E-state index is -0.793. The summed E-state index contributed by atoms with van der Waals surface area (Å²) in [6.07, 6.45) is 2.34. The van der Waals surface area contributed by atoms with Crippen LogP contribution >= 0.6 is 34.3 Å². The zero-order valence-electron chi connectivity index (χ0n) is 18.2. The van der Waals surface area contributed by atoms with E-state index in [2.05, 4.69) is 10.3 Å². The van der Waals surface area contributed by atoms with Crippen LogP contribution in [0.5, 0.6) is 5.06 Å². The van der Waals surface area contributed by atoms with E-state index in [9.17, 15) is 14.7 Å². The molecule has 0 bridgehead atoms. The number of pyridine rings is 1. The van der Waals surface area contributed by atoms with Crippen molar-refractivity contribution in [3.8, 4) is 5.06 Å². The fourth-order valence-electron chi connectivity index (χ4n) is 3.22. The average molecular weight is 520 g/mol. The van der Waals surface area contributed by atoms with Gasteiger partial charge >= 0.3 is 0 Å². The molecule has 0 aliphatic rings. The Morgan fingerprint density at radius 2 is 2.09 bits per heavy atom. The maximum absolute atomic E-state index is 13.0. The van der Waals surface area contributed by atoms with Crippen LogP contribution in [-0.2, 0) is 24.9 Å². The van der Waals surface area contributed by atoms with Crippen LogP contribution in [0, 0.1) is 0 Å². The number of hydrogen-bond donors (Lipinski definition) is 2. The second kappa shape index (κ2) is 11.1. The number of nitrogens with one attached hydrogen (secondary N) is 1. The molecule has 178 valence electrons. The molecule has 2 N–H and O–H groups in total. The van der Waals surface area contributed by atoms with Gasteiger partial charge in [-0.15, -0.1) is 11.3 Å². The van der Waals surface area contributed by atoms with Crippen LogP contribution < -0.4 is 15.5 Å². The van der Waals surface area contributed by atoms with Crippen molar-refractivity contribution in [2.45, 2.75) is 19.3 Å². The highest BCUT2D eigenvalue weighted by molar-refractivity contribution is 7.18. The number of rotatable bonds is 10. The molecule has 1 aromatic carbocycles. The number of thiophene rings is 1. The number of thiazole rings is 1. The first-order valence-corrected chi connectivity index (χ1v) is 12.4. The van der Waals surface area contributed by atoms with Gasteiger partial charge in [0.2, 0.25) is 5.43 Å². The van der Waals surface area contributed by atoms with Gasteiger partial charge in [0.1, 0.15) is 23.1 Å². The molecule has 0 aliphatic heterocycles. The Morgan fingerprint density at radius 3 is 2.82 bits per heavy atom. The topological polar surface area (TPSA) is 103 Å². The summed E-state index contributed by atoms with van der Waals surface area (Å²) < 4.78 is 12.8. The van der Waals surface area contributed by atoms with E-state index in [-0.39, 0.29) is 37.4 Å². The van der Waals surface area contributed by atoms with Gasteiger partial charge in [0, 0.05) is 29.7 Å². The predicted molar refractivity (Wildman–Crippen MR) is 133 cm³/mol. The van der Waals surface area contributed by atoms with Crippen LogP contribution in [0.4, 0.5) is 0 Å². The standard InChI is InChI=1S/C23H22ClN3O5S2/c1-27-9-19(22(30)26-7-14-2-4-15(24)5-3-14)21(29)18-6-17(34-23(18)27)12-31-10-16(28)11-32-20-8-25-13-33-20/h2-6,8-9,13,16,28H,7,10-12H2,1H3,(H,26,30). The lowest BCUT2D eigenvalue weighted by Gasteiger charge is -2.10. The van der Waals surface area contributed by atoms with Crippen molar-refractivity contribution in [1.82, 2.24) is 14.9 Å². The molecular formula is C23H22ClN3O5S2. The number of aliphatic hydroxyl groups excluding tert-OH is 1. The van der Waals surface area contributed by atoms with Crippen molar-refractivity contribution >= 4 is 50.4 Å². The van der Waals surface area contributed by atoms with Crippen LogP contribution in [0.3, 0.4) is 0 Å². The molecule has 1 unspecified atom stereocenters. The molecular weight excluding hydrogens is 498 g/mol. The Hall–Kier alpha value is -2.76. The van der Waals surface area contributed by atoms with E-state index in [0.717, 1.165) is 15.3 Å². The fraction of sp³-hybridized carbons (Fsp3) is 0.261. The van der Waals surface area contributed by atoms with Crippen molar-refractivity contribution < 1.29 is 19.4 Å². The monoisotopic (exact) mass is 519 g/mol. The highest BCUT2D eigenvalue weighted by Crippen LogP contribution is 2.24. The zero-order chi connectivity index (χ0) is 24.1. The number of carbonyl (C=O) groups excluding carboxylic acids is 1. The summed E-state index contributed by atoms with van der Waals surface area (Å²) in [5.41, 5.74) is 2.27. The van der Waals surface area contributed by atoms with Crippen molar-refractivity contribution in [3.63, 3.8) is 0 Å². The highest BCUT2D eigenvalue weighted by atomic mass is 35.5. The van der Waals surface area contributed by atoms with Crippen LogP contribution in [0.25, 0.3) is 10.2 Å². The van der Waals surface area contributed by atoms with Crippen LogP contribution in [0.2, 0.25) is 5.02 Å². The minimum absolute atomic E-state index is 0.0740. The number of aryl methyl sites for hydroxylation is 1. The number of amides is 1. The molecule has 0 spiro atoms. The average Bonchev–Trinajstić information content (AvgIpc) is 3.50. The molecule has 0 saturated carbocycles. The van der Waals surface area contributed by atoms with E-state index in [4.69, 9.17) is 21.1 Å². The summed E-state index contributed by atoms with van der Waals surface area (Å²) in [6.45, 7) is 0.702. The second-order valence-electron chi connectivity index (χ2n) is 7.52. The number of nitrogens with zero attached hydrogens (tertiary/aromatic N) is 2. The molecule has 11 heteroatoms. The molecule has 0 radical (unpaired) electrons. The quantitative estimate of drug-likeness (QED) is 0.332. The van der Waals surface area contributed by atoms with E-state index < -0.39 is 12.0 Å². The molecule has 1 amide bonds. The number of halogens is 1. The summed E-state index contributed by atoms with van der Waals surface area (Å²) >= 11 is 8.64. The largest absolute Gasteiger partial charge is 0.480 e. The summed E-state index contributed by atoms with van der Waals surface area (Å²) in [4.78, 5) is 31.1. The Kier molecular flexibility index (Phi) is 7.96. The van der Waals surface area contributed by atoms with Gasteiger partial charge in [0.15, 0.2) is 5.06 Å². The normalized spacial score (nSPS) is 12.1. The SMILES string of the molecule is Cn1cc(C(=O)NCc2ccc(Cl)cc2)c(=O)c2cc(COCC(O)COc3cncs3)sc21. The minimum Gasteiger partial charge on any atom is -0.480 e. The van der Waals surface area contributed by atoms with Crippen LogP contribution in [-0.4, -0.2) is 39.9 Å². The molecule has 34 heavy (non-hydrogen) atoms. The smallest absolute Gasteiger partial charge is 0.257 e. The van der Waals surface area contributed by atoms with Gasteiger partial charge in [0.05, 0.1) is 30.3 Å². The van der Waals surface area contributed by atoms with Crippen molar-refractivity contribution in [3.05, 3.63) is 79.5 Å². The van der Waals surface area contributed by atoms with Gasteiger partial charge in [-0.25, -0.2) is 4.98 Å². The Labute approximate surface area is 208 Å². The molecule has 4 rings (SSSR count). The first-order valence-electron chi connectivity index (χ1n) is 10.3.